The van der Waals surface area contributed by atoms with Crippen molar-refractivity contribution in [2.45, 2.75) is 26.3 Å². The lowest BCUT2D eigenvalue weighted by Crippen LogP contribution is -2.37. The van der Waals surface area contributed by atoms with Crippen LogP contribution in [0.5, 0.6) is 0 Å². The third-order valence-electron chi connectivity index (χ3n) is 5.02. The minimum absolute atomic E-state index is 0.0115. The van der Waals surface area contributed by atoms with Crippen LogP contribution in [0.1, 0.15) is 34.2 Å². The molecular weight excluding hydrogens is 332 g/mol. The molecule has 2 saturated heterocycles. The van der Waals surface area contributed by atoms with Crippen LogP contribution in [-0.4, -0.2) is 69.9 Å². The Bertz CT molecular complexity index is 781. The molecule has 1 unspecified atom stereocenters. The number of carbonyl (C=O) groups excluding carboxylic acids is 1. The van der Waals surface area contributed by atoms with Gasteiger partial charge in [0.1, 0.15) is 0 Å². The van der Waals surface area contributed by atoms with Crippen LogP contribution >= 0.6 is 0 Å². The minimum atomic E-state index is -0.0115. The molecule has 0 bridgehead atoms. The van der Waals surface area contributed by atoms with Gasteiger partial charge in [-0.05, 0) is 26.3 Å². The van der Waals surface area contributed by atoms with Crippen LogP contribution in [0, 0.1) is 13.8 Å². The summed E-state index contributed by atoms with van der Waals surface area (Å²) in [6, 6.07) is 2.31. The van der Waals surface area contributed by atoms with Crippen molar-refractivity contribution in [1.82, 2.24) is 24.6 Å². The van der Waals surface area contributed by atoms with E-state index in [-0.39, 0.29) is 11.9 Å². The lowest BCUT2D eigenvalue weighted by molar-refractivity contribution is 0.0786. The first-order valence-electron chi connectivity index (χ1n) is 9.08. The Morgan fingerprint density at radius 3 is 2.54 bits per heavy atom. The summed E-state index contributed by atoms with van der Waals surface area (Å²) in [5.41, 5.74) is 2.69. The molecule has 26 heavy (non-hydrogen) atoms. The fourth-order valence-electron chi connectivity index (χ4n) is 3.68. The van der Waals surface area contributed by atoms with Gasteiger partial charge in [0.2, 0.25) is 5.95 Å². The first-order valence-corrected chi connectivity index (χ1v) is 9.08. The van der Waals surface area contributed by atoms with Crippen molar-refractivity contribution >= 4 is 11.9 Å². The fourth-order valence-corrected chi connectivity index (χ4v) is 3.68. The van der Waals surface area contributed by atoms with Gasteiger partial charge in [-0.25, -0.2) is 9.97 Å². The van der Waals surface area contributed by atoms with Crippen molar-refractivity contribution in [3.63, 3.8) is 0 Å². The number of morpholine rings is 1. The van der Waals surface area contributed by atoms with Gasteiger partial charge in [0.15, 0.2) is 0 Å². The van der Waals surface area contributed by atoms with Crippen LogP contribution in [0.2, 0.25) is 0 Å². The third kappa shape index (κ3) is 3.29. The fraction of sp³-hybridized carbons (Fsp3) is 0.556. The van der Waals surface area contributed by atoms with Crippen molar-refractivity contribution in [3.8, 4) is 0 Å². The predicted octanol–water partition coefficient (Wildman–Crippen LogP) is 1.21. The Kier molecular flexibility index (Phi) is 4.58. The van der Waals surface area contributed by atoms with Gasteiger partial charge in [0, 0.05) is 44.3 Å². The quantitative estimate of drug-likeness (QED) is 0.823. The average molecular weight is 356 g/mol. The van der Waals surface area contributed by atoms with E-state index in [1.54, 1.807) is 12.4 Å². The molecule has 1 amide bonds. The van der Waals surface area contributed by atoms with Gasteiger partial charge in [0.25, 0.3) is 5.91 Å². The van der Waals surface area contributed by atoms with Gasteiger partial charge in [-0.15, -0.1) is 0 Å². The molecular formula is C18H24N6O2. The number of hydrogen-bond donors (Lipinski definition) is 0. The topological polar surface area (TPSA) is 76.4 Å². The van der Waals surface area contributed by atoms with E-state index in [0.717, 1.165) is 37.4 Å². The van der Waals surface area contributed by atoms with Crippen LogP contribution in [0.25, 0.3) is 0 Å². The van der Waals surface area contributed by atoms with Crippen molar-refractivity contribution in [2.24, 2.45) is 0 Å². The molecule has 0 spiro atoms. The van der Waals surface area contributed by atoms with Gasteiger partial charge in [0.05, 0.1) is 30.5 Å². The Morgan fingerprint density at radius 2 is 1.88 bits per heavy atom. The number of likely N-dealkylation sites (tertiary alicyclic amines) is 1. The zero-order valence-corrected chi connectivity index (χ0v) is 15.3. The zero-order valence-electron chi connectivity index (χ0n) is 15.3. The van der Waals surface area contributed by atoms with Gasteiger partial charge in [-0.3, -0.25) is 9.48 Å². The number of aryl methyl sites for hydroxylation is 2. The molecule has 0 aromatic carbocycles. The highest BCUT2D eigenvalue weighted by Crippen LogP contribution is 2.24. The molecule has 1 atom stereocenters. The zero-order chi connectivity index (χ0) is 18.1. The summed E-state index contributed by atoms with van der Waals surface area (Å²) in [6.45, 7) is 8.39. The Morgan fingerprint density at radius 1 is 1.15 bits per heavy atom. The van der Waals surface area contributed by atoms with Gasteiger partial charge in [-0.1, -0.05) is 0 Å². The van der Waals surface area contributed by atoms with Gasteiger partial charge in [-0.2, -0.15) is 5.10 Å². The third-order valence-corrected chi connectivity index (χ3v) is 5.02. The second-order valence-electron chi connectivity index (χ2n) is 6.94. The Balaban J connectivity index is 1.42. The SMILES string of the molecule is Cc1cc(C)n(C2CCN(C(=O)c3cnc(N4CCOCC4)nc3)C2)n1. The van der Waals surface area contributed by atoms with Crippen LogP contribution in [0.15, 0.2) is 18.5 Å². The second kappa shape index (κ2) is 7.03. The minimum Gasteiger partial charge on any atom is -0.378 e. The highest BCUT2D eigenvalue weighted by atomic mass is 16.5. The van der Waals surface area contributed by atoms with Crippen molar-refractivity contribution in [1.29, 1.82) is 0 Å². The average Bonchev–Trinajstić information content (AvgIpc) is 3.28. The van der Waals surface area contributed by atoms with E-state index in [2.05, 4.69) is 33.0 Å². The standard InChI is InChI=1S/C18H24N6O2/c1-13-9-14(2)24(21-13)16-3-4-23(12-16)17(25)15-10-19-18(20-11-15)22-5-7-26-8-6-22/h9-11,16H,3-8,12H2,1-2H3. The summed E-state index contributed by atoms with van der Waals surface area (Å²) in [7, 11) is 0. The maximum Gasteiger partial charge on any atom is 0.257 e. The maximum absolute atomic E-state index is 12.8. The molecule has 8 heteroatoms. The molecule has 2 aromatic rings. The molecule has 4 rings (SSSR count). The number of amides is 1. The van der Waals surface area contributed by atoms with Crippen molar-refractivity contribution in [2.75, 3.05) is 44.3 Å². The molecule has 0 saturated carbocycles. The molecule has 2 aliphatic heterocycles. The summed E-state index contributed by atoms with van der Waals surface area (Å²) in [5.74, 6) is 0.648. The van der Waals surface area contributed by atoms with E-state index in [1.165, 1.54) is 0 Å². The first kappa shape index (κ1) is 17.0. The number of nitrogens with zero attached hydrogens (tertiary/aromatic N) is 6. The van der Waals surface area contributed by atoms with Crippen LogP contribution in [-0.2, 0) is 4.74 Å². The number of aromatic nitrogens is 4. The maximum atomic E-state index is 12.8. The van der Waals surface area contributed by atoms with E-state index in [4.69, 9.17) is 4.74 Å². The van der Waals surface area contributed by atoms with Crippen LogP contribution < -0.4 is 4.90 Å². The Labute approximate surface area is 152 Å². The highest BCUT2D eigenvalue weighted by Gasteiger charge is 2.29. The summed E-state index contributed by atoms with van der Waals surface area (Å²) >= 11 is 0. The molecule has 0 radical (unpaired) electrons. The highest BCUT2D eigenvalue weighted by molar-refractivity contribution is 5.93. The summed E-state index contributed by atoms with van der Waals surface area (Å²) in [4.78, 5) is 25.5. The lowest BCUT2D eigenvalue weighted by Gasteiger charge is -2.26. The number of ether oxygens (including phenoxy) is 1. The molecule has 2 aliphatic rings. The van der Waals surface area contributed by atoms with E-state index < -0.39 is 0 Å². The smallest absolute Gasteiger partial charge is 0.257 e. The Hall–Kier alpha value is -2.48. The number of hydrogen-bond acceptors (Lipinski definition) is 6. The molecule has 4 heterocycles. The molecule has 138 valence electrons. The summed E-state index contributed by atoms with van der Waals surface area (Å²) in [5, 5.41) is 4.56. The molecule has 2 fully saturated rings. The number of anilines is 1. The van der Waals surface area contributed by atoms with Crippen molar-refractivity contribution in [3.05, 3.63) is 35.4 Å². The van der Waals surface area contributed by atoms with E-state index in [1.807, 2.05) is 16.5 Å². The molecule has 0 N–H and O–H groups in total. The van der Waals surface area contributed by atoms with E-state index in [0.29, 0.717) is 31.3 Å². The summed E-state index contributed by atoms with van der Waals surface area (Å²) in [6.07, 6.45) is 4.19. The largest absolute Gasteiger partial charge is 0.378 e. The van der Waals surface area contributed by atoms with E-state index in [9.17, 15) is 4.79 Å². The van der Waals surface area contributed by atoms with Crippen LogP contribution in [0.3, 0.4) is 0 Å². The van der Waals surface area contributed by atoms with Crippen LogP contribution in [0.4, 0.5) is 5.95 Å². The lowest BCUT2D eigenvalue weighted by atomic mass is 10.2. The molecule has 0 aliphatic carbocycles. The van der Waals surface area contributed by atoms with Gasteiger partial charge < -0.3 is 14.5 Å². The van der Waals surface area contributed by atoms with E-state index >= 15 is 0 Å². The monoisotopic (exact) mass is 356 g/mol. The summed E-state index contributed by atoms with van der Waals surface area (Å²) < 4.78 is 7.38. The van der Waals surface area contributed by atoms with Gasteiger partial charge >= 0.3 is 0 Å². The number of rotatable bonds is 3. The second-order valence-corrected chi connectivity index (χ2v) is 6.94. The van der Waals surface area contributed by atoms with Crippen molar-refractivity contribution < 1.29 is 9.53 Å². The first-order chi connectivity index (χ1) is 12.6. The molecule has 8 nitrogen and oxygen atoms in total. The predicted molar refractivity (Wildman–Crippen MR) is 96.3 cm³/mol. The normalized spacial score (nSPS) is 20.6. The molecule has 2 aromatic heterocycles. The number of carbonyl (C=O) groups is 1.